The molecule has 4 heteroatoms. The lowest BCUT2D eigenvalue weighted by Gasteiger charge is -2.20. The van der Waals surface area contributed by atoms with Crippen LogP contribution >= 0.6 is 0 Å². The van der Waals surface area contributed by atoms with Gasteiger partial charge in [-0.25, -0.2) is 0 Å². The van der Waals surface area contributed by atoms with Crippen LogP contribution in [-0.4, -0.2) is 40.9 Å². The third kappa shape index (κ3) is 4.42. The Labute approximate surface area is 111 Å². The second kappa shape index (κ2) is 8.27. The molecule has 0 amide bonds. The molecule has 1 aromatic rings. The number of nitrogens with one attached hydrogen (secondary N) is 1. The first-order valence-electron chi connectivity index (χ1n) is 7.23. The van der Waals surface area contributed by atoms with E-state index >= 15 is 0 Å². The van der Waals surface area contributed by atoms with Crippen LogP contribution in [0, 0.1) is 0 Å². The molecular weight excluding hydrogens is 224 g/mol. The number of likely N-dealkylation sites (N-methyl/N-ethyl adjacent to an activating group) is 2. The van der Waals surface area contributed by atoms with E-state index in [1.165, 1.54) is 11.4 Å². The van der Waals surface area contributed by atoms with E-state index < -0.39 is 0 Å². The standard InChI is InChI=1S/C14H28N4/c1-5-13-11-14(18(8-4)16-13)12-17(7-3)10-9-15-6-2/h11,15H,5-10,12H2,1-4H3. The predicted octanol–water partition coefficient (Wildman–Crippen LogP) is 1.90. The van der Waals surface area contributed by atoms with Crippen LogP contribution in [0.2, 0.25) is 0 Å². The van der Waals surface area contributed by atoms with Gasteiger partial charge >= 0.3 is 0 Å². The van der Waals surface area contributed by atoms with Crippen LogP contribution in [0.15, 0.2) is 6.07 Å². The first-order valence-corrected chi connectivity index (χ1v) is 7.23. The van der Waals surface area contributed by atoms with Crippen molar-refractivity contribution in [3.63, 3.8) is 0 Å². The normalized spacial score (nSPS) is 11.4. The quantitative estimate of drug-likeness (QED) is 0.681. The summed E-state index contributed by atoms with van der Waals surface area (Å²) in [7, 11) is 0. The van der Waals surface area contributed by atoms with Crippen LogP contribution in [0.1, 0.15) is 39.1 Å². The van der Waals surface area contributed by atoms with Crippen molar-refractivity contribution in [2.75, 3.05) is 26.2 Å². The van der Waals surface area contributed by atoms with Gasteiger partial charge in [-0.2, -0.15) is 5.10 Å². The summed E-state index contributed by atoms with van der Waals surface area (Å²) in [5, 5.41) is 7.99. The monoisotopic (exact) mass is 252 g/mol. The van der Waals surface area contributed by atoms with Gasteiger partial charge < -0.3 is 5.32 Å². The van der Waals surface area contributed by atoms with Crippen molar-refractivity contribution < 1.29 is 0 Å². The third-order valence-electron chi connectivity index (χ3n) is 3.26. The van der Waals surface area contributed by atoms with Gasteiger partial charge in [0.25, 0.3) is 0 Å². The molecule has 0 unspecified atom stereocenters. The lowest BCUT2D eigenvalue weighted by Crippen LogP contribution is -2.32. The van der Waals surface area contributed by atoms with Crippen molar-refractivity contribution in [2.45, 2.75) is 47.2 Å². The average molecular weight is 252 g/mol. The Kier molecular flexibility index (Phi) is 6.98. The van der Waals surface area contributed by atoms with Crippen molar-refractivity contribution in [1.29, 1.82) is 0 Å². The number of nitrogens with zero attached hydrogens (tertiary/aromatic N) is 3. The molecule has 1 N–H and O–H groups in total. The van der Waals surface area contributed by atoms with Gasteiger partial charge in [-0.15, -0.1) is 0 Å². The topological polar surface area (TPSA) is 33.1 Å². The molecule has 0 aliphatic carbocycles. The summed E-state index contributed by atoms with van der Waals surface area (Å²) in [4.78, 5) is 2.46. The number of rotatable bonds is 9. The van der Waals surface area contributed by atoms with Crippen molar-refractivity contribution in [1.82, 2.24) is 20.0 Å². The molecule has 0 fully saturated rings. The third-order valence-corrected chi connectivity index (χ3v) is 3.26. The fourth-order valence-corrected chi connectivity index (χ4v) is 2.08. The summed E-state index contributed by atoms with van der Waals surface area (Å²) in [6, 6.07) is 2.25. The van der Waals surface area contributed by atoms with Gasteiger partial charge in [0, 0.05) is 26.2 Å². The zero-order valence-corrected chi connectivity index (χ0v) is 12.4. The predicted molar refractivity (Wildman–Crippen MR) is 76.8 cm³/mol. The van der Waals surface area contributed by atoms with Gasteiger partial charge in [0.1, 0.15) is 0 Å². The van der Waals surface area contributed by atoms with Gasteiger partial charge in [0.2, 0.25) is 0 Å². The summed E-state index contributed by atoms with van der Waals surface area (Å²) in [6.45, 7) is 14.9. The number of aromatic nitrogens is 2. The van der Waals surface area contributed by atoms with E-state index in [9.17, 15) is 0 Å². The summed E-state index contributed by atoms with van der Waals surface area (Å²) in [5.74, 6) is 0. The molecule has 0 spiro atoms. The Morgan fingerprint density at radius 1 is 1.28 bits per heavy atom. The van der Waals surface area contributed by atoms with E-state index in [4.69, 9.17) is 0 Å². The van der Waals surface area contributed by atoms with Gasteiger partial charge in [-0.05, 0) is 32.5 Å². The van der Waals surface area contributed by atoms with Crippen LogP contribution in [0.4, 0.5) is 0 Å². The van der Waals surface area contributed by atoms with E-state index in [1.807, 2.05) is 0 Å². The largest absolute Gasteiger partial charge is 0.316 e. The molecule has 4 nitrogen and oxygen atoms in total. The second-order valence-corrected chi connectivity index (χ2v) is 4.52. The molecule has 0 aliphatic rings. The summed E-state index contributed by atoms with van der Waals surface area (Å²) in [5.41, 5.74) is 2.54. The second-order valence-electron chi connectivity index (χ2n) is 4.52. The smallest absolute Gasteiger partial charge is 0.0625 e. The van der Waals surface area contributed by atoms with Gasteiger partial charge in [0.15, 0.2) is 0 Å². The molecule has 0 saturated heterocycles. The minimum absolute atomic E-state index is 0.958. The fourth-order valence-electron chi connectivity index (χ4n) is 2.08. The molecular formula is C14H28N4. The Morgan fingerprint density at radius 3 is 2.61 bits per heavy atom. The van der Waals surface area contributed by atoms with E-state index in [0.717, 1.165) is 45.7 Å². The number of hydrogen-bond donors (Lipinski definition) is 1. The highest BCUT2D eigenvalue weighted by atomic mass is 15.3. The van der Waals surface area contributed by atoms with E-state index in [0.29, 0.717) is 0 Å². The molecule has 0 bridgehead atoms. The molecule has 0 aliphatic heterocycles. The highest BCUT2D eigenvalue weighted by Gasteiger charge is 2.09. The van der Waals surface area contributed by atoms with Crippen LogP contribution in [0.5, 0.6) is 0 Å². The Bertz CT molecular complexity index is 333. The van der Waals surface area contributed by atoms with Gasteiger partial charge in [-0.1, -0.05) is 20.8 Å². The lowest BCUT2D eigenvalue weighted by atomic mass is 10.3. The van der Waals surface area contributed by atoms with E-state index in [2.05, 4.69) is 53.8 Å². The Morgan fingerprint density at radius 2 is 2.06 bits per heavy atom. The van der Waals surface area contributed by atoms with Gasteiger partial charge in [-0.3, -0.25) is 9.58 Å². The highest BCUT2D eigenvalue weighted by Crippen LogP contribution is 2.08. The van der Waals surface area contributed by atoms with Crippen molar-refractivity contribution in [2.24, 2.45) is 0 Å². The first-order chi connectivity index (χ1) is 8.74. The fraction of sp³-hybridized carbons (Fsp3) is 0.786. The molecule has 1 rings (SSSR count). The lowest BCUT2D eigenvalue weighted by molar-refractivity contribution is 0.271. The molecule has 1 heterocycles. The molecule has 0 atom stereocenters. The summed E-state index contributed by atoms with van der Waals surface area (Å²) in [6.07, 6.45) is 1.02. The maximum absolute atomic E-state index is 4.61. The minimum atomic E-state index is 0.958. The van der Waals surface area contributed by atoms with E-state index in [1.54, 1.807) is 0 Å². The SMILES string of the molecule is CCNCCN(CC)Cc1cc(CC)nn1CC. The average Bonchev–Trinajstić information content (AvgIpc) is 2.80. The van der Waals surface area contributed by atoms with Crippen LogP contribution in [-0.2, 0) is 19.5 Å². The Balaban J connectivity index is 2.59. The Hall–Kier alpha value is -0.870. The highest BCUT2D eigenvalue weighted by molar-refractivity contribution is 5.10. The maximum atomic E-state index is 4.61. The van der Waals surface area contributed by atoms with Crippen molar-refractivity contribution in [3.8, 4) is 0 Å². The van der Waals surface area contributed by atoms with Crippen molar-refractivity contribution >= 4 is 0 Å². The molecule has 0 radical (unpaired) electrons. The first kappa shape index (κ1) is 15.2. The maximum Gasteiger partial charge on any atom is 0.0625 e. The van der Waals surface area contributed by atoms with Crippen LogP contribution < -0.4 is 5.32 Å². The van der Waals surface area contributed by atoms with E-state index in [-0.39, 0.29) is 0 Å². The van der Waals surface area contributed by atoms with Crippen molar-refractivity contribution in [3.05, 3.63) is 17.5 Å². The number of aryl methyl sites for hydroxylation is 2. The summed E-state index contributed by atoms with van der Waals surface area (Å²) < 4.78 is 2.13. The van der Waals surface area contributed by atoms with Crippen LogP contribution in [0.3, 0.4) is 0 Å². The zero-order chi connectivity index (χ0) is 13.4. The summed E-state index contributed by atoms with van der Waals surface area (Å²) >= 11 is 0. The zero-order valence-electron chi connectivity index (χ0n) is 12.4. The molecule has 1 aromatic heterocycles. The molecule has 0 saturated carbocycles. The van der Waals surface area contributed by atoms with Crippen LogP contribution in [0.25, 0.3) is 0 Å². The van der Waals surface area contributed by atoms with Gasteiger partial charge in [0.05, 0.1) is 11.4 Å². The molecule has 18 heavy (non-hydrogen) atoms. The number of hydrogen-bond acceptors (Lipinski definition) is 3. The molecule has 0 aromatic carbocycles. The minimum Gasteiger partial charge on any atom is -0.316 e. The molecule has 104 valence electrons.